The molecule has 1 aliphatic heterocycles. The normalized spacial score (nSPS) is 21.2. The van der Waals surface area contributed by atoms with E-state index in [4.69, 9.17) is 5.73 Å². The van der Waals surface area contributed by atoms with Crippen LogP contribution < -0.4 is 11.1 Å². The zero-order valence-electron chi connectivity index (χ0n) is 8.85. The molecule has 1 unspecified atom stereocenters. The van der Waals surface area contributed by atoms with Gasteiger partial charge in [0.05, 0.1) is 5.25 Å². The summed E-state index contributed by atoms with van der Waals surface area (Å²) in [5, 5.41) is 3.43. The maximum Gasteiger partial charge on any atom is 0.233 e. The lowest BCUT2D eigenvalue weighted by molar-refractivity contribution is -0.120. The van der Waals surface area contributed by atoms with E-state index >= 15 is 0 Å². The molecule has 2 heterocycles. The summed E-state index contributed by atoms with van der Waals surface area (Å²) in [7, 11) is 0. The van der Waals surface area contributed by atoms with Gasteiger partial charge in [0.15, 0.2) is 5.82 Å². The molecule has 2 rings (SSSR count). The molecule has 1 saturated heterocycles. The molecule has 0 spiro atoms. The number of nitrogens with two attached hydrogens (primary N) is 1. The SMILES string of the molecule is Nc1nccnc1SC1CCCCNC1=O. The second-order valence-electron chi connectivity index (χ2n) is 3.64. The molecule has 1 fully saturated rings. The van der Waals surface area contributed by atoms with Gasteiger partial charge in [-0.1, -0.05) is 18.2 Å². The Morgan fingerprint density at radius 1 is 1.38 bits per heavy atom. The predicted molar refractivity (Wildman–Crippen MR) is 63.0 cm³/mol. The molecule has 1 amide bonds. The van der Waals surface area contributed by atoms with Crippen LogP contribution in [0.5, 0.6) is 0 Å². The fourth-order valence-corrected chi connectivity index (χ4v) is 2.62. The average Bonchev–Trinajstić information content (AvgIpc) is 2.48. The molecule has 1 aromatic heterocycles. The molecule has 0 aromatic carbocycles. The van der Waals surface area contributed by atoms with E-state index in [0.717, 1.165) is 25.8 Å². The maximum absolute atomic E-state index is 11.7. The van der Waals surface area contributed by atoms with Gasteiger partial charge in [0.25, 0.3) is 0 Å². The molecular weight excluding hydrogens is 224 g/mol. The van der Waals surface area contributed by atoms with Crippen molar-refractivity contribution in [3.63, 3.8) is 0 Å². The minimum atomic E-state index is -0.0958. The van der Waals surface area contributed by atoms with Crippen molar-refractivity contribution in [2.45, 2.75) is 29.5 Å². The van der Waals surface area contributed by atoms with Crippen molar-refractivity contribution in [1.29, 1.82) is 0 Å². The Balaban J connectivity index is 2.08. The van der Waals surface area contributed by atoms with Gasteiger partial charge in [-0.3, -0.25) is 4.79 Å². The number of thioether (sulfide) groups is 1. The highest BCUT2D eigenvalue weighted by Gasteiger charge is 2.23. The third-order valence-electron chi connectivity index (χ3n) is 2.43. The number of carbonyl (C=O) groups is 1. The standard InChI is InChI=1S/C10H14N4OS/c11-8-10(14-6-5-12-8)16-7-3-1-2-4-13-9(7)15/h5-7H,1-4H2,(H2,11,12)(H,13,15). The van der Waals surface area contributed by atoms with Gasteiger partial charge >= 0.3 is 0 Å². The first-order valence-electron chi connectivity index (χ1n) is 5.28. The Bertz CT molecular complexity index is 385. The zero-order chi connectivity index (χ0) is 11.4. The first-order chi connectivity index (χ1) is 7.77. The lowest BCUT2D eigenvalue weighted by atomic mass is 10.2. The molecule has 3 N–H and O–H groups in total. The summed E-state index contributed by atoms with van der Waals surface area (Å²) in [5.41, 5.74) is 5.70. The largest absolute Gasteiger partial charge is 0.381 e. The molecule has 0 aliphatic carbocycles. The summed E-state index contributed by atoms with van der Waals surface area (Å²) < 4.78 is 0. The summed E-state index contributed by atoms with van der Waals surface area (Å²) in [6, 6.07) is 0. The number of anilines is 1. The summed E-state index contributed by atoms with van der Waals surface area (Å²) >= 11 is 1.40. The van der Waals surface area contributed by atoms with Crippen LogP contribution in [-0.2, 0) is 4.79 Å². The molecule has 1 aromatic rings. The highest BCUT2D eigenvalue weighted by atomic mass is 32.2. The van der Waals surface area contributed by atoms with Crippen molar-refractivity contribution in [1.82, 2.24) is 15.3 Å². The molecule has 6 heteroatoms. The van der Waals surface area contributed by atoms with Crippen LogP contribution in [0.15, 0.2) is 17.4 Å². The number of nitrogens with zero attached hydrogens (tertiary/aromatic N) is 2. The van der Waals surface area contributed by atoms with Crippen molar-refractivity contribution in [3.8, 4) is 0 Å². The molecule has 1 atom stereocenters. The van der Waals surface area contributed by atoms with Crippen molar-refractivity contribution in [2.24, 2.45) is 0 Å². The highest BCUT2D eigenvalue weighted by Crippen LogP contribution is 2.28. The first kappa shape index (κ1) is 11.2. The Kier molecular flexibility index (Phi) is 3.61. The molecular formula is C10H14N4OS. The van der Waals surface area contributed by atoms with Crippen LogP contribution >= 0.6 is 11.8 Å². The van der Waals surface area contributed by atoms with E-state index in [2.05, 4.69) is 15.3 Å². The monoisotopic (exact) mass is 238 g/mol. The van der Waals surface area contributed by atoms with Crippen LogP contribution in [0.1, 0.15) is 19.3 Å². The van der Waals surface area contributed by atoms with Crippen molar-refractivity contribution in [3.05, 3.63) is 12.4 Å². The predicted octanol–water partition coefficient (Wildman–Crippen LogP) is 0.820. The Labute approximate surface area is 98.2 Å². The van der Waals surface area contributed by atoms with Gasteiger partial charge in [-0.2, -0.15) is 0 Å². The van der Waals surface area contributed by atoms with Gasteiger partial charge in [0, 0.05) is 18.9 Å². The number of rotatable bonds is 2. The number of nitrogen functional groups attached to an aromatic ring is 1. The second-order valence-corrected chi connectivity index (χ2v) is 4.83. The molecule has 0 saturated carbocycles. The quantitative estimate of drug-likeness (QED) is 0.797. The first-order valence-corrected chi connectivity index (χ1v) is 6.16. The fraction of sp³-hybridized carbons (Fsp3) is 0.500. The minimum Gasteiger partial charge on any atom is -0.381 e. The van der Waals surface area contributed by atoms with E-state index in [-0.39, 0.29) is 11.2 Å². The summed E-state index contributed by atoms with van der Waals surface area (Å²) in [6.07, 6.45) is 6.10. The lowest BCUT2D eigenvalue weighted by Crippen LogP contribution is -2.30. The number of nitrogens with one attached hydrogen (secondary N) is 1. The van der Waals surface area contributed by atoms with Gasteiger partial charge in [-0.25, -0.2) is 9.97 Å². The number of carbonyl (C=O) groups excluding carboxylic acids is 1. The molecule has 0 bridgehead atoms. The van der Waals surface area contributed by atoms with Gasteiger partial charge in [-0.05, 0) is 12.8 Å². The van der Waals surface area contributed by atoms with Gasteiger partial charge < -0.3 is 11.1 Å². The van der Waals surface area contributed by atoms with E-state index in [1.807, 2.05) is 0 Å². The van der Waals surface area contributed by atoms with Crippen LogP contribution in [0.3, 0.4) is 0 Å². The van der Waals surface area contributed by atoms with E-state index in [0.29, 0.717) is 10.8 Å². The van der Waals surface area contributed by atoms with Gasteiger partial charge in [-0.15, -0.1) is 0 Å². The zero-order valence-corrected chi connectivity index (χ0v) is 9.67. The van der Waals surface area contributed by atoms with Crippen LogP contribution in [-0.4, -0.2) is 27.7 Å². The van der Waals surface area contributed by atoms with Crippen LogP contribution in [0.4, 0.5) is 5.82 Å². The molecule has 86 valence electrons. The topological polar surface area (TPSA) is 80.9 Å². The number of hydrogen-bond donors (Lipinski definition) is 2. The Morgan fingerprint density at radius 2 is 2.19 bits per heavy atom. The molecule has 16 heavy (non-hydrogen) atoms. The maximum atomic E-state index is 11.7. The minimum absolute atomic E-state index is 0.0764. The van der Waals surface area contributed by atoms with Gasteiger partial charge in [0.2, 0.25) is 5.91 Å². The Hall–Kier alpha value is -1.30. The third kappa shape index (κ3) is 2.63. The van der Waals surface area contributed by atoms with Crippen molar-refractivity contribution < 1.29 is 4.79 Å². The Morgan fingerprint density at radius 3 is 3.00 bits per heavy atom. The van der Waals surface area contributed by atoms with E-state index < -0.39 is 0 Å². The number of aromatic nitrogens is 2. The van der Waals surface area contributed by atoms with Crippen molar-refractivity contribution in [2.75, 3.05) is 12.3 Å². The van der Waals surface area contributed by atoms with E-state index in [1.165, 1.54) is 11.8 Å². The average molecular weight is 238 g/mol. The van der Waals surface area contributed by atoms with Crippen LogP contribution in [0.25, 0.3) is 0 Å². The van der Waals surface area contributed by atoms with E-state index in [9.17, 15) is 4.79 Å². The van der Waals surface area contributed by atoms with Crippen LogP contribution in [0.2, 0.25) is 0 Å². The van der Waals surface area contributed by atoms with Crippen molar-refractivity contribution >= 4 is 23.5 Å². The highest BCUT2D eigenvalue weighted by molar-refractivity contribution is 8.00. The molecule has 5 nitrogen and oxygen atoms in total. The smallest absolute Gasteiger partial charge is 0.233 e. The molecule has 0 radical (unpaired) electrons. The third-order valence-corrected chi connectivity index (χ3v) is 3.70. The summed E-state index contributed by atoms with van der Waals surface area (Å²) in [4.78, 5) is 19.8. The number of amides is 1. The molecule has 1 aliphatic rings. The van der Waals surface area contributed by atoms with Crippen LogP contribution in [0, 0.1) is 0 Å². The lowest BCUT2D eigenvalue weighted by Gasteiger charge is -2.12. The van der Waals surface area contributed by atoms with E-state index in [1.54, 1.807) is 12.4 Å². The summed E-state index contributed by atoms with van der Waals surface area (Å²) in [6.45, 7) is 0.770. The second kappa shape index (κ2) is 5.16. The van der Waals surface area contributed by atoms with Gasteiger partial charge in [0.1, 0.15) is 5.03 Å². The summed E-state index contributed by atoms with van der Waals surface area (Å²) in [5.74, 6) is 0.470. The fourth-order valence-electron chi connectivity index (χ4n) is 1.59. The number of hydrogen-bond acceptors (Lipinski definition) is 5.